The number of ether oxygens (including phenoxy) is 1. The molecule has 0 spiro atoms. The highest BCUT2D eigenvalue weighted by atomic mass is 16.5. The van der Waals surface area contributed by atoms with Crippen molar-refractivity contribution in [3.05, 3.63) is 53.2 Å². The van der Waals surface area contributed by atoms with Crippen molar-refractivity contribution in [2.24, 2.45) is 0 Å². The summed E-state index contributed by atoms with van der Waals surface area (Å²) in [7, 11) is 1.93. The molecule has 2 rings (SSSR count). The minimum atomic E-state index is 0.492. The van der Waals surface area contributed by atoms with Gasteiger partial charge in [-0.2, -0.15) is 0 Å². The molecule has 0 aliphatic rings. The van der Waals surface area contributed by atoms with E-state index >= 15 is 0 Å². The fourth-order valence-corrected chi connectivity index (χ4v) is 2.06. The van der Waals surface area contributed by atoms with E-state index in [1.54, 1.807) is 0 Å². The molecule has 1 aromatic heterocycles. The van der Waals surface area contributed by atoms with Crippen LogP contribution in [-0.4, -0.2) is 12.0 Å². The lowest BCUT2D eigenvalue weighted by molar-refractivity contribution is 0.460. The third-order valence-corrected chi connectivity index (χ3v) is 3.28. The highest BCUT2D eigenvalue weighted by Crippen LogP contribution is 2.24. The van der Waals surface area contributed by atoms with Crippen LogP contribution < -0.4 is 10.1 Å². The van der Waals surface area contributed by atoms with Crippen LogP contribution >= 0.6 is 0 Å². The van der Waals surface area contributed by atoms with E-state index in [1.807, 2.05) is 32.2 Å². The van der Waals surface area contributed by atoms with Gasteiger partial charge in [-0.25, -0.2) is 4.98 Å². The fraction of sp³-hybridized carbons (Fsp3) is 0.353. The molecule has 0 bridgehead atoms. The van der Waals surface area contributed by atoms with Crippen molar-refractivity contribution in [2.45, 2.75) is 33.2 Å². The summed E-state index contributed by atoms with van der Waals surface area (Å²) >= 11 is 0. The quantitative estimate of drug-likeness (QED) is 0.891. The number of hydrogen-bond acceptors (Lipinski definition) is 3. The highest BCUT2D eigenvalue weighted by Gasteiger charge is 2.05. The Bertz CT molecular complexity index is 579. The molecule has 0 unspecified atom stereocenters. The van der Waals surface area contributed by atoms with E-state index in [4.69, 9.17) is 4.74 Å². The molecule has 1 heterocycles. The van der Waals surface area contributed by atoms with Crippen LogP contribution in [0.3, 0.4) is 0 Å². The van der Waals surface area contributed by atoms with Crippen LogP contribution in [0, 0.1) is 6.92 Å². The van der Waals surface area contributed by atoms with Crippen LogP contribution in [-0.2, 0) is 6.54 Å². The van der Waals surface area contributed by atoms with Gasteiger partial charge in [0.15, 0.2) is 0 Å². The van der Waals surface area contributed by atoms with E-state index in [1.165, 1.54) is 11.1 Å². The number of aryl methyl sites for hydroxylation is 1. The SMILES string of the molecule is CNCc1ccc(Oc2cccc(C(C)C)c2)nc1C. The third kappa shape index (κ3) is 3.58. The molecule has 0 amide bonds. The van der Waals surface area contributed by atoms with E-state index in [-0.39, 0.29) is 0 Å². The molecular weight excluding hydrogens is 248 g/mol. The van der Waals surface area contributed by atoms with Gasteiger partial charge >= 0.3 is 0 Å². The van der Waals surface area contributed by atoms with Gasteiger partial charge in [0.05, 0.1) is 0 Å². The van der Waals surface area contributed by atoms with Crippen LogP contribution in [0.25, 0.3) is 0 Å². The van der Waals surface area contributed by atoms with Gasteiger partial charge in [-0.05, 0) is 43.1 Å². The molecule has 106 valence electrons. The lowest BCUT2D eigenvalue weighted by atomic mass is 10.0. The summed E-state index contributed by atoms with van der Waals surface area (Å²) in [6, 6.07) is 12.1. The van der Waals surface area contributed by atoms with E-state index in [0.717, 1.165) is 18.0 Å². The van der Waals surface area contributed by atoms with Crippen molar-refractivity contribution in [1.82, 2.24) is 10.3 Å². The van der Waals surface area contributed by atoms with Crippen molar-refractivity contribution < 1.29 is 4.74 Å². The largest absolute Gasteiger partial charge is 0.439 e. The van der Waals surface area contributed by atoms with E-state index in [9.17, 15) is 0 Å². The number of benzene rings is 1. The van der Waals surface area contributed by atoms with Gasteiger partial charge in [0.2, 0.25) is 5.88 Å². The van der Waals surface area contributed by atoms with E-state index in [0.29, 0.717) is 11.8 Å². The first-order chi connectivity index (χ1) is 9.60. The van der Waals surface area contributed by atoms with Crippen LogP contribution in [0.5, 0.6) is 11.6 Å². The van der Waals surface area contributed by atoms with Gasteiger partial charge in [-0.3, -0.25) is 0 Å². The second kappa shape index (κ2) is 6.53. The van der Waals surface area contributed by atoms with Gasteiger partial charge < -0.3 is 10.1 Å². The minimum Gasteiger partial charge on any atom is -0.439 e. The van der Waals surface area contributed by atoms with Crippen LogP contribution in [0.2, 0.25) is 0 Å². The Morgan fingerprint density at radius 1 is 1.20 bits per heavy atom. The minimum absolute atomic E-state index is 0.492. The Labute approximate surface area is 121 Å². The molecule has 0 aliphatic carbocycles. The zero-order chi connectivity index (χ0) is 14.5. The van der Waals surface area contributed by atoms with Crippen molar-refractivity contribution in [3.8, 4) is 11.6 Å². The topological polar surface area (TPSA) is 34.1 Å². The van der Waals surface area contributed by atoms with Gasteiger partial charge in [0.1, 0.15) is 5.75 Å². The molecule has 0 fully saturated rings. The molecule has 1 N–H and O–H groups in total. The Morgan fingerprint density at radius 3 is 2.65 bits per heavy atom. The second-order valence-electron chi connectivity index (χ2n) is 5.25. The van der Waals surface area contributed by atoms with E-state index < -0.39 is 0 Å². The maximum atomic E-state index is 5.85. The van der Waals surface area contributed by atoms with Gasteiger partial charge in [-0.1, -0.05) is 32.0 Å². The molecule has 0 saturated carbocycles. The summed E-state index contributed by atoms with van der Waals surface area (Å²) in [6.45, 7) is 7.17. The highest BCUT2D eigenvalue weighted by molar-refractivity contribution is 5.34. The summed E-state index contributed by atoms with van der Waals surface area (Å²) in [6.07, 6.45) is 0. The van der Waals surface area contributed by atoms with Crippen molar-refractivity contribution >= 4 is 0 Å². The second-order valence-corrected chi connectivity index (χ2v) is 5.25. The van der Waals surface area contributed by atoms with Crippen molar-refractivity contribution in [2.75, 3.05) is 7.05 Å². The van der Waals surface area contributed by atoms with Gasteiger partial charge in [0, 0.05) is 18.3 Å². The van der Waals surface area contributed by atoms with Crippen LogP contribution in [0.15, 0.2) is 36.4 Å². The smallest absolute Gasteiger partial charge is 0.219 e. The zero-order valence-electron chi connectivity index (χ0n) is 12.6. The molecule has 0 aliphatic heterocycles. The van der Waals surface area contributed by atoms with Gasteiger partial charge in [0.25, 0.3) is 0 Å². The van der Waals surface area contributed by atoms with Crippen molar-refractivity contribution in [3.63, 3.8) is 0 Å². The summed E-state index contributed by atoms with van der Waals surface area (Å²) in [5.74, 6) is 1.97. The summed E-state index contributed by atoms with van der Waals surface area (Å²) < 4.78 is 5.85. The number of nitrogens with one attached hydrogen (secondary N) is 1. The van der Waals surface area contributed by atoms with Gasteiger partial charge in [-0.15, -0.1) is 0 Å². The lowest BCUT2D eigenvalue weighted by Gasteiger charge is -2.11. The Kier molecular flexibility index (Phi) is 4.74. The molecule has 1 aromatic carbocycles. The molecule has 0 atom stereocenters. The predicted octanol–water partition coefficient (Wildman–Crippen LogP) is 4.03. The molecule has 20 heavy (non-hydrogen) atoms. The number of nitrogens with zero attached hydrogens (tertiary/aromatic N) is 1. The molecule has 3 nitrogen and oxygen atoms in total. The summed E-state index contributed by atoms with van der Waals surface area (Å²) in [5, 5.41) is 3.13. The average molecular weight is 270 g/mol. The first-order valence-corrected chi connectivity index (χ1v) is 6.99. The number of aromatic nitrogens is 1. The molecule has 0 saturated heterocycles. The summed E-state index contributed by atoms with van der Waals surface area (Å²) in [5.41, 5.74) is 3.46. The zero-order valence-corrected chi connectivity index (χ0v) is 12.6. The number of pyridine rings is 1. The number of hydrogen-bond donors (Lipinski definition) is 1. The molecular formula is C17H22N2O. The monoisotopic (exact) mass is 270 g/mol. The molecule has 3 heteroatoms. The normalized spacial score (nSPS) is 10.8. The average Bonchev–Trinajstić information content (AvgIpc) is 2.42. The summed E-state index contributed by atoms with van der Waals surface area (Å²) in [4.78, 5) is 4.50. The maximum absolute atomic E-state index is 5.85. The maximum Gasteiger partial charge on any atom is 0.219 e. The molecule has 2 aromatic rings. The lowest BCUT2D eigenvalue weighted by Crippen LogP contribution is -2.07. The predicted molar refractivity (Wildman–Crippen MR) is 82.3 cm³/mol. The van der Waals surface area contributed by atoms with E-state index in [2.05, 4.69) is 42.3 Å². The Hall–Kier alpha value is -1.87. The number of rotatable bonds is 5. The first kappa shape index (κ1) is 14.5. The van der Waals surface area contributed by atoms with Crippen LogP contribution in [0.4, 0.5) is 0 Å². The Morgan fingerprint density at radius 2 is 2.00 bits per heavy atom. The van der Waals surface area contributed by atoms with Crippen LogP contribution in [0.1, 0.15) is 36.6 Å². The van der Waals surface area contributed by atoms with Crippen molar-refractivity contribution in [1.29, 1.82) is 0 Å². The first-order valence-electron chi connectivity index (χ1n) is 6.99. The third-order valence-electron chi connectivity index (χ3n) is 3.28. The molecule has 0 radical (unpaired) electrons. The fourth-order valence-electron chi connectivity index (χ4n) is 2.06. The standard InChI is InChI=1S/C17H22N2O/c1-12(2)14-6-5-7-16(10-14)20-17-9-8-15(11-18-4)13(3)19-17/h5-10,12,18H,11H2,1-4H3. The Balaban J connectivity index is 2.17.